The molecule has 0 amide bonds. The van der Waals surface area contributed by atoms with Gasteiger partial charge in [0.1, 0.15) is 5.75 Å². The maximum Gasteiger partial charge on any atom is 0.187 e. The highest BCUT2D eigenvalue weighted by atomic mass is 32.1. The van der Waals surface area contributed by atoms with E-state index in [1.165, 1.54) is 5.56 Å². The van der Waals surface area contributed by atoms with Crippen molar-refractivity contribution in [2.75, 3.05) is 6.61 Å². The molecule has 0 bridgehead atoms. The van der Waals surface area contributed by atoms with E-state index in [2.05, 4.69) is 29.7 Å². The highest BCUT2D eigenvalue weighted by molar-refractivity contribution is 7.80. The third kappa shape index (κ3) is 6.79. The van der Waals surface area contributed by atoms with Gasteiger partial charge in [0.2, 0.25) is 0 Å². The predicted octanol–water partition coefficient (Wildman–Crippen LogP) is 3.72. The Kier molecular flexibility index (Phi) is 7.23. The summed E-state index contributed by atoms with van der Waals surface area (Å²) in [6, 6.07) is 17.9. The van der Waals surface area contributed by atoms with Gasteiger partial charge in [-0.25, -0.2) is 0 Å². The summed E-state index contributed by atoms with van der Waals surface area (Å²) in [5, 5.41) is 7.76. The summed E-state index contributed by atoms with van der Waals surface area (Å²) in [5.74, 6) is 1.34. The highest BCUT2D eigenvalue weighted by Gasteiger charge is 1.98. The fraction of sp³-hybridized carbons (Fsp3) is 0.263. The van der Waals surface area contributed by atoms with Crippen LogP contribution in [-0.2, 0) is 6.54 Å². The Hall–Kier alpha value is -2.40. The van der Waals surface area contributed by atoms with Crippen LogP contribution in [0.2, 0.25) is 0 Å². The van der Waals surface area contributed by atoms with Crippen molar-refractivity contribution in [2.45, 2.75) is 20.4 Å². The van der Waals surface area contributed by atoms with Crippen LogP contribution < -0.4 is 15.5 Å². The Balaban J connectivity index is 1.78. The smallest absolute Gasteiger partial charge is 0.187 e. The molecule has 0 heterocycles. The standard InChI is InChI=1S/C19H23N3OS/c1-15(2)14-23-18-10-6-9-17(11-18)13-21-22-19(24)20-12-16-7-4-3-5-8-16/h3-11,13,15H,12,14H2,1-2H3,(H2,20,22,24)/b21-13-. The molecule has 0 saturated heterocycles. The fourth-order valence-corrected chi connectivity index (χ4v) is 2.06. The Morgan fingerprint density at radius 3 is 2.71 bits per heavy atom. The first-order valence-corrected chi connectivity index (χ1v) is 8.38. The van der Waals surface area contributed by atoms with Crippen molar-refractivity contribution in [1.29, 1.82) is 0 Å². The van der Waals surface area contributed by atoms with Crippen LogP contribution in [0.4, 0.5) is 0 Å². The van der Waals surface area contributed by atoms with Crippen LogP contribution in [-0.4, -0.2) is 17.9 Å². The number of nitrogens with zero attached hydrogens (tertiary/aromatic N) is 1. The van der Waals surface area contributed by atoms with Crippen molar-refractivity contribution in [1.82, 2.24) is 10.7 Å². The maximum absolute atomic E-state index is 5.70. The number of nitrogens with one attached hydrogen (secondary N) is 2. The van der Waals surface area contributed by atoms with E-state index in [-0.39, 0.29) is 0 Å². The maximum atomic E-state index is 5.70. The third-order valence-corrected chi connectivity index (χ3v) is 3.35. The summed E-state index contributed by atoms with van der Waals surface area (Å²) in [6.07, 6.45) is 1.72. The molecule has 0 aliphatic rings. The molecular weight excluding hydrogens is 318 g/mol. The van der Waals surface area contributed by atoms with Gasteiger partial charge in [0.15, 0.2) is 5.11 Å². The molecule has 0 unspecified atom stereocenters. The summed E-state index contributed by atoms with van der Waals surface area (Å²) in [4.78, 5) is 0. The molecule has 126 valence electrons. The zero-order chi connectivity index (χ0) is 17.2. The van der Waals surface area contributed by atoms with Crippen molar-refractivity contribution < 1.29 is 4.74 Å². The van der Waals surface area contributed by atoms with Crippen LogP contribution in [0.15, 0.2) is 59.7 Å². The van der Waals surface area contributed by atoms with E-state index in [1.807, 2.05) is 54.6 Å². The molecule has 0 spiro atoms. The van der Waals surface area contributed by atoms with Gasteiger partial charge in [-0.2, -0.15) is 5.10 Å². The lowest BCUT2D eigenvalue weighted by Crippen LogP contribution is -2.31. The predicted molar refractivity (Wildman–Crippen MR) is 103 cm³/mol. The quantitative estimate of drug-likeness (QED) is 0.458. The Bertz CT molecular complexity index is 671. The minimum absolute atomic E-state index is 0.488. The second kappa shape index (κ2) is 9.67. The van der Waals surface area contributed by atoms with Gasteiger partial charge in [-0.3, -0.25) is 5.43 Å². The summed E-state index contributed by atoms with van der Waals surface area (Å²) < 4.78 is 5.70. The van der Waals surface area contributed by atoms with Gasteiger partial charge < -0.3 is 10.1 Å². The number of rotatable bonds is 7. The van der Waals surface area contributed by atoms with Gasteiger partial charge >= 0.3 is 0 Å². The van der Waals surface area contributed by atoms with E-state index in [4.69, 9.17) is 17.0 Å². The lowest BCUT2D eigenvalue weighted by molar-refractivity contribution is 0.271. The van der Waals surface area contributed by atoms with Crippen LogP contribution in [0.25, 0.3) is 0 Å². The molecule has 0 atom stereocenters. The lowest BCUT2D eigenvalue weighted by Gasteiger charge is -2.09. The lowest BCUT2D eigenvalue weighted by atomic mass is 10.2. The molecule has 0 saturated carbocycles. The molecule has 2 rings (SSSR count). The van der Waals surface area contributed by atoms with Crippen molar-refractivity contribution >= 4 is 23.5 Å². The molecular formula is C19H23N3OS. The number of hydrogen-bond donors (Lipinski definition) is 2. The van der Waals surface area contributed by atoms with Gasteiger partial charge in [-0.05, 0) is 41.4 Å². The number of benzene rings is 2. The Labute approximate surface area is 148 Å². The monoisotopic (exact) mass is 341 g/mol. The molecule has 0 fully saturated rings. The van der Waals surface area contributed by atoms with E-state index in [0.29, 0.717) is 24.2 Å². The Morgan fingerprint density at radius 2 is 1.96 bits per heavy atom. The van der Waals surface area contributed by atoms with Gasteiger partial charge in [0.25, 0.3) is 0 Å². The van der Waals surface area contributed by atoms with E-state index >= 15 is 0 Å². The molecule has 0 aliphatic heterocycles. The van der Waals surface area contributed by atoms with Crippen molar-refractivity contribution in [3.8, 4) is 5.75 Å². The molecule has 24 heavy (non-hydrogen) atoms. The normalized spacial score (nSPS) is 10.8. The van der Waals surface area contributed by atoms with E-state index < -0.39 is 0 Å². The van der Waals surface area contributed by atoms with Crippen molar-refractivity contribution in [3.05, 3.63) is 65.7 Å². The summed E-state index contributed by atoms with van der Waals surface area (Å²) in [6.45, 7) is 5.62. The van der Waals surface area contributed by atoms with Gasteiger partial charge in [0.05, 0.1) is 12.8 Å². The molecule has 0 radical (unpaired) electrons. The fourth-order valence-electron chi connectivity index (χ4n) is 1.93. The first-order chi connectivity index (χ1) is 11.6. The SMILES string of the molecule is CC(C)COc1cccc(/C=N\NC(=S)NCc2ccccc2)c1. The molecule has 0 aliphatic carbocycles. The highest BCUT2D eigenvalue weighted by Crippen LogP contribution is 2.13. The van der Waals surface area contributed by atoms with E-state index in [9.17, 15) is 0 Å². The van der Waals surface area contributed by atoms with E-state index in [1.54, 1.807) is 6.21 Å². The van der Waals surface area contributed by atoms with Crippen molar-refractivity contribution in [3.63, 3.8) is 0 Å². The first-order valence-electron chi connectivity index (χ1n) is 7.97. The summed E-state index contributed by atoms with van der Waals surface area (Å²) in [7, 11) is 0. The molecule has 2 aromatic carbocycles. The largest absolute Gasteiger partial charge is 0.493 e. The van der Waals surface area contributed by atoms with Gasteiger partial charge in [-0.1, -0.05) is 56.3 Å². The number of ether oxygens (including phenoxy) is 1. The first kappa shape index (κ1) is 17.9. The minimum Gasteiger partial charge on any atom is -0.493 e. The molecule has 4 nitrogen and oxygen atoms in total. The Morgan fingerprint density at radius 1 is 1.17 bits per heavy atom. The van der Waals surface area contributed by atoms with Gasteiger partial charge in [-0.15, -0.1) is 0 Å². The molecule has 5 heteroatoms. The average molecular weight is 341 g/mol. The van der Waals surface area contributed by atoms with Gasteiger partial charge in [0, 0.05) is 6.54 Å². The third-order valence-electron chi connectivity index (χ3n) is 3.12. The number of hydrazone groups is 1. The second-order valence-electron chi connectivity index (χ2n) is 5.82. The van der Waals surface area contributed by atoms with Crippen LogP contribution >= 0.6 is 12.2 Å². The number of thiocarbonyl (C=S) groups is 1. The minimum atomic E-state index is 0.488. The second-order valence-corrected chi connectivity index (χ2v) is 6.22. The zero-order valence-corrected chi connectivity index (χ0v) is 14.8. The van der Waals surface area contributed by atoms with Crippen LogP contribution in [0.3, 0.4) is 0 Å². The molecule has 2 N–H and O–H groups in total. The summed E-state index contributed by atoms with van der Waals surface area (Å²) in [5.41, 5.74) is 4.94. The molecule has 0 aromatic heterocycles. The zero-order valence-electron chi connectivity index (χ0n) is 14.0. The van der Waals surface area contributed by atoms with E-state index in [0.717, 1.165) is 11.3 Å². The topological polar surface area (TPSA) is 45.6 Å². The molecule has 2 aromatic rings. The van der Waals surface area contributed by atoms with Crippen LogP contribution in [0, 0.1) is 5.92 Å². The average Bonchev–Trinajstić information content (AvgIpc) is 2.59. The van der Waals surface area contributed by atoms with Crippen molar-refractivity contribution in [2.24, 2.45) is 11.0 Å². The summed E-state index contributed by atoms with van der Waals surface area (Å²) >= 11 is 5.20. The van der Waals surface area contributed by atoms with Crippen LogP contribution in [0.1, 0.15) is 25.0 Å². The number of hydrogen-bond acceptors (Lipinski definition) is 3. The van der Waals surface area contributed by atoms with Crippen LogP contribution in [0.5, 0.6) is 5.75 Å².